The van der Waals surface area contributed by atoms with Crippen LogP contribution >= 0.6 is 0 Å². The molecule has 1 aromatic rings. The Morgan fingerprint density at radius 3 is 2.27 bits per heavy atom. The van der Waals surface area contributed by atoms with Crippen molar-refractivity contribution < 1.29 is 14.7 Å². The van der Waals surface area contributed by atoms with E-state index in [1.54, 1.807) is 18.1 Å². The van der Waals surface area contributed by atoms with Crippen molar-refractivity contribution in [1.29, 1.82) is 0 Å². The Bertz CT molecular complexity index is 642. The van der Waals surface area contributed by atoms with E-state index in [2.05, 4.69) is 12.3 Å². The minimum absolute atomic E-state index is 0.0885. The van der Waals surface area contributed by atoms with Crippen molar-refractivity contribution in [2.75, 3.05) is 5.01 Å². The lowest BCUT2D eigenvalue weighted by Gasteiger charge is -2.25. The van der Waals surface area contributed by atoms with Gasteiger partial charge in [-0.25, -0.2) is 10.2 Å². The fourth-order valence-corrected chi connectivity index (χ4v) is 3.21. The maximum atomic E-state index is 12.7. The summed E-state index contributed by atoms with van der Waals surface area (Å²) in [5, 5.41) is 11.3. The molecule has 0 aliphatic carbocycles. The lowest BCUT2D eigenvalue weighted by Crippen LogP contribution is -2.53. The normalized spacial score (nSPS) is 19.5. The van der Waals surface area contributed by atoms with Gasteiger partial charge in [-0.05, 0) is 25.5 Å². The van der Waals surface area contributed by atoms with E-state index < -0.39 is 11.5 Å². The maximum Gasteiger partial charge on any atom is 0.330 e. The van der Waals surface area contributed by atoms with Crippen LogP contribution in [0.25, 0.3) is 0 Å². The summed E-state index contributed by atoms with van der Waals surface area (Å²) in [7, 11) is 0. The molecule has 2 N–H and O–H groups in total. The Morgan fingerprint density at radius 2 is 1.65 bits per heavy atom. The van der Waals surface area contributed by atoms with Gasteiger partial charge >= 0.3 is 5.97 Å². The summed E-state index contributed by atoms with van der Waals surface area (Å²) in [5.41, 5.74) is 2.69. The van der Waals surface area contributed by atoms with Crippen LogP contribution in [-0.4, -0.2) is 22.4 Å². The van der Waals surface area contributed by atoms with Gasteiger partial charge in [0.2, 0.25) is 0 Å². The molecule has 1 unspecified atom stereocenters. The quantitative estimate of drug-likeness (QED) is 0.572. The van der Waals surface area contributed by atoms with Crippen LogP contribution in [0.5, 0.6) is 0 Å². The van der Waals surface area contributed by atoms with Crippen molar-refractivity contribution in [3.63, 3.8) is 0 Å². The smallest absolute Gasteiger partial charge is 0.330 e. The van der Waals surface area contributed by atoms with Crippen molar-refractivity contribution >= 4 is 17.4 Å². The first-order valence-electron chi connectivity index (χ1n) is 9.60. The van der Waals surface area contributed by atoms with Crippen molar-refractivity contribution in [3.05, 3.63) is 42.1 Å². The third-order valence-electron chi connectivity index (χ3n) is 4.91. The van der Waals surface area contributed by atoms with Gasteiger partial charge in [-0.3, -0.25) is 9.80 Å². The number of hydrogen-bond donors (Lipinski definition) is 2. The number of carboxylic acids is 1. The van der Waals surface area contributed by atoms with Crippen molar-refractivity contribution in [1.82, 2.24) is 5.43 Å². The molecule has 0 spiro atoms. The maximum absolute atomic E-state index is 12.7. The van der Waals surface area contributed by atoms with E-state index >= 15 is 0 Å². The summed E-state index contributed by atoms with van der Waals surface area (Å²) in [6.07, 6.45) is 9.95. The number of rotatable bonds is 11. The number of carbonyl (C=O) groups excluding carboxylic acids is 1. The van der Waals surface area contributed by atoms with Crippen LogP contribution in [0.1, 0.15) is 65.2 Å². The van der Waals surface area contributed by atoms with Gasteiger partial charge in [-0.2, -0.15) is 0 Å². The predicted molar refractivity (Wildman–Crippen MR) is 104 cm³/mol. The highest BCUT2D eigenvalue weighted by Crippen LogP contribution is 2.30. The van der Waals surface area contributed by atoms with Crippen molar-refractivity contribution in [2.24, 2.45) is 0 Å². The van der Waals surface area contributed by atoms with E-state index in [0.29, 0.717) is 12.0 Å². The third-order valence-corrected chi connectivity index (χ3v) is 4.91. The number of carboxylic acid groups (broad SMARTS) is 1. The second kappa shape index (κ2) is 9.53. The molecule has 1 aliphatic heterocycles. The number of nitrogens with zero attached hydrogens (tertiary/aromatic N) is 1. The van der Waals surface area contributed by atoms with E-state index in [1.165, 1.54) is 25.7 Å². The lowest BCUT2D eigenvalue weighted by atomic mass is 9.89. The fraction of sp³-hybridized carbons (Fsp3) is 0.524. The molecule has 0 aromatic heterocycles. The minimum atomic E-state index is -1.39. The summed E-state index contributed by atoms with van der Waals surface area (Å²) < 4.78 is 0. The number of aliphatic carboxylic acids is 1. The Balaban J connectivity index is 1.97. The second-order valence-corrected chi connectivity index (χ2v) is 7.08. The zero-order valence-corrected chi connectivity index (χ0v) is 15.8. The highest BCUT2D eigenvalue weighted by Gasteiger charge is 2.46. The predicted octanol–water partition coefficient (Wildman–Crippen LogP) is 4.45. The average molecular weight is 358 g/mol. The first-order valence-corrected chi connectivity index (χ1v) is 9.60. The molecule has 0 saturated heterocycles. The molecule has 26 heavy (non-hydrogen) atoms. The molecule has 1 aromatic carbocycles. The largest absolute Gasteiger partial charge is 0.480 e. The van der Waals surface area contributed by atoms with Crippen LogP contribution in [0.2, 0.25) is 0 Å². The molecule has 5 nitrogen and oxygen atoms in total. The Labute approximate surface area is 156 Å². The number of Topliss-reactive ketones (excluding diaryl/α,β-unsaturated/α-hetero) is 1. The number of benzene rings is 1. The van der Waals surface area contributed by atoms with E-state index in [9.17, 15) is 14.7 Å². The zero-order valence-electron chi connectivity index (χ0n) is 15.8. The number of anilines is 1. The Kier molecular flexibility index (Phi) is 7.39. The van der Waals surface area contributed by atoms with E-state index in [1.807, 2.05) is 30.3 Å². The first-order chi connectivity index (χ1) is 12.5. The lowest BCUT2D eigenvalue weighted by molar-refractivity contribution is -0.143. The molecule has 5 heteroatoms. The summed E-state index contributed by atoms with van der Waals surface area (Å²) >= 11 is 0. The van der Waals surface area contributed by atoms with Crippen molar-refractivity contribution in [2.45, 2.75) is 70.8 Å². The van der Waals surface area contributed by atoms with Gasteiger partial charge in [0.15, 0.2) is 11.3 Å². The van der Waals surface area contributed by atoms with Crippen molar-refractivity contribution in [3.8, 4) is 0 Å². The average Bonchev–Trinajstić information content (AvgIpc) is 3.01. The summed E-state index contributed by atoms with van der Waals surface area (Å²) in [6.45, 7) is 3.74. The minimum Gasteiger partial charge on any atom is -0.480 e. The first kappa shape index (κ1) is 20.2. The van der Waals surface area contributed by atoms with Crippen LogP contribution < -0.4 is 10.4 Å². The zero-order chi connectivity index (χ0) is 19.0. The van der Waals surface area contributed by atoms with Gasteiger partial charge in [0.25, 0.3) is 0 Å². The monoisotopic (exact) mass is 358 g/mol. The van der Waals surface area contributed by atoms with Gasteiger partial charge in [0.1, 0.15) is 0 Å². The molecule has 0 bridgehead atoms. The molecule has 1 atom stereocenters. The molecule has 2 rings (SSSR count). The fourth-order valence-electron chi connectivity index (χ4n) is 3.21. The SMILES string of the molecule is CCCCCCCCCC(=O)C1=CN(c2ccccc2)NC1(C)C(=O)O. The molecule has 0 radical (unpaired) electrons. The number of para-hydroxylation sites is 1. The number of carbonyl (C=O) groups is 2. The van der Waals surface area contributed by atoms with Crippen LogP contribution in [0.15, 0.2) is 42.1 Å². The van der Waals surface area contributed by atoms with E-state index in [0.717, 1.165) is 24.9 Å². The molecule has 1 aliphatic rings. The number of nitrogens with one attached hydrogen (secondary N) is 1. The number of hydrogen-bond acceptors (Lipinski definition) is 4. The number of hydrazine groups is 1. The van der Waals surface area contributed by atoms with Gasteiger partial charge in [-0.1, -0.05) is 63.6 Å². The molecule has 0 amide bonds. The molecule has 0 saturated carbocycles. The molecular formula is C21H30N2O3. The highest BCUT2D eigenvalue weighted by atomic mass is 16.4. The molecule has 0 fully saturated rings. The summed E-state index contributed by atoms with van der Waals surface area (Å²) in [6, 6.07) is 9.39. The third kappa shape index (κ3) is 4.94. The van der Waals surface area contributed by atoms with Crippen LogP contribution in [0.3, 0.4) is 0 Å². The van der Waals surface area contributed by atoms with Gasteiger partial charge in [0.05, 0.1) is 5.69 Å². The van der Waals surface area contributed by atoms with Gasteiger partial charge in [-0.15, -0.1) is 0 Å². The summed E-state index contributed by atoms with van der Waals surface area (Å²) in [5.74, 6) is -1.13. The molecule has 142 valence electrons. The number of ketones is 1. The van der Waals surface area contributed by atoms with E-state index in [4.69, 9.17) is 0 Å². The van der Waals surface area contributed by atoms with Crippen LogP contribution in [0.4, 0.5) is 5.69 Å². The second-order valence-electron chi connectivity index (χ2n) is 7.08. The topological polar surface area (TPSA) is 69.6 Å². The Morgan fingerprint density at radius 1 is 1.04 bits per heavy atom. The van der Waals surface area contributed by atoms with Gasteiger partial charge in [0, 0.05) is 18.2 Å². The van der Waals surface area contributed by atoms with Crippen LogP contribution in [0, 0.1) is 0 Å². The molecular weight excluding hydrogens is 328 g/mol. The van der Waals surface area contributed by atoms with Gasteiger partial charge < -0.3 is 5.11 Å². The van der Waals surface area contributed by atoms with E-state index in [-0.39, 0.29) is 5.78 Å². The number of unbranched alkanes of at least 4 members (excludes halogenated alkanes) is 6. The Hall–Kier alpha value is -2.14. The highest BCUT2D eigenvalue weighted by molar-refractivity contribution is 6.05. The molecule has 1 heterocycles. The van der Waals surface area contributed by atoms with Crippen LogP contribution in [-0.2, 0) is 9.59 Å². The summed E-state index contributed by atoms with van der Waals surface area (Å²) in [4.78, 5) is 24.5. The standard InChI is InChI=1S/C21H30N2O3/c1-3-4-5-6-7-8-12-15-19(24)18-16-23(17-13-10-9-11-14-17)22-21(18,2)20(25)26/h9-11,13-14,16,22H,3-8,12,15H2,1-2H3,(H,25,26).